The summed E-state index contributed by atoms with van der Waals surface area (Å²) in [7, 11) is 0. The van der Waals surface area contributed by atoms with Crippen molar-refractivity contribution in [1.29, 1.82) is 0 Å². The van der Waals surface area contributed by atoms with Crippen molar-refractivity contribution in [3.63, 3.8) is 0 Å². The molecule has 0 aliphatic carbocycles. The third kappa shape index (κ3) is 3.42. The normalized spacial score (nSPS) is 10.2. The van der Waals surface area contributed by atoms with Gasteiger partial charge in [0, 0.05) is 16.6 Å². The highest BCUT2D eigenvalue weighted by molar-refractivity contribution is 7.11. The largest absolute Gasteiger partial charge is 0.478 e. The predicted octanol–water partition coefficient (Wildman–Crippen LogP) is 2.33. The minimum Gasteiger partial charge on any atom is -0.478 e. The highest BCUT2D eigenvalue weighted by Crippen LogP contribution is 2.13. The number of carboxylic acid groups (broad SMARTS) is 1. The molecule has 2 rings (SSSR count). The Balaban J connectivity index is 2.01. The van der Waals surface area contributed by atoms with Gasteiger partial charge in [-0.1, -0.05) is 13.0 Å². The average molecular weight is 290 g/mol. The summed E-state index contributed by atoms with van der Waals surface area (Å²) in [5, 5.41) is 12.5. The van der Waals surface area contributed by atoms with Gasteiger partial charge in [-0.3, -0.25) is 4.79 Å². The van der Waals surface area contributed by atoms with E-state index < -0.39 is 5.97 Å². The van der Waals surface area contributed by atoms with E-state index in [4.69, 9.17) is 5.11 Å². The third-order valence-electron chi connectivity index (χ3n) is 2.72. The van der Waals surface area contributed by atoms with E-state index >= 15 is 0 Å². The zero-order valence-corrected chi connectivity index (χ0v) is 11.7. The maximum Gasteiger partial charge on any atom is 0.335 e. The van der Waals surface area contributed by atoms with Gasteiger partial charge in [0.2, 0.25) is 0 Å². The molecule has 0 saturated carbocycles. The van der Waals surface area contributed by atoms with E-state index in [1.807, 2.05) is 6.92 Å². The number of nitrogens with zero attached hydrogens (tertiary/aromatic N) is 1. The van der Waals surface area contributed by atoms with Crippen LogP contribution < -0.4 is 5.32 Å². The van der Waals surface area contributed by atoms with Crippen LogP contribution in [0.2, 0.25) is 0 Å². The first-order chi connectivity index (χ1) is 9.60. The van der Waals surface area contributed by atoms with E-state index in [9.17, 15) is 9.59 Å². The SMILES string of the molecule is CCc1cnc(CNC(=O)c2cccc(C(=O)O)c2)s1. The molecule has 0 saturated heterocycles. The van der Waals surface area contributed by atoms with E-state index in [-0.39, 0.29) is 11.5 Å². The Morgan fingerprint density at radius 3 is 2.75 bits per heavy atom. The van der Waals surface area contributed by atoms with Crippen LogP contribution in [0.4, 0.5) is 0 Å². The quantitative estimate of drug-likeness (QED) is 0.885. The van der Waals surface area contributed by atoms with E-state index in [1.165, 1.54) is 17.0 Å². The molecule has 0 spiro atoms. The summed E-state index contributed by atoms with van der Waals surface area (Å²) in [6.45, 7) is 2.40. The van der Waals surface area contributed by atoms with E-state index in [2.05, 4.69) is 10.3 Å². The minimum atomic E-state index is -1.05. The lowest BCUT2D eigenvalue weighted by atomic mass is 10.1. The fourth-order valence-corrected chi connectivity index (χ4v) is 2.45. The zero-order chi connectivity index (χ0) is 14.5. The molecule has 0 fully saturated rings. The summed E-state index contributed by atoms with van der Waals surface area (Å²) < 4.78 is 0. The topological polar surface area (TPSA) is 79.3 Å². The van der Waals surface area contributed by atoms with Crippen LogP contribution in [0.5, 0.6) is 0 Å². The van der Waals surface area contributed by atoms with Crippen LogP contribution >= 0.6 is 11.3 Å². The number of thiazole rings is 1. The van der Waals surface area contributed by atoms with Crippen molar-refractivity contribution in [2.45, 2.75) is 19.9 Å². The first-order valence-corrected chi connectivity index (χ1v) is 6.97. The molecule has 104 valence electrons. The average Bonchev–Trinajstić information content (AvgIpc) is 2.93. The van der Waals surface area contributed by atoms with Gasteiger partial charge in [0.05, 0.1) is 12.1 Å². The number of hydrogen-bond donors (Lipinski definition) is 2. The number of aromatic nitrogens is 1. The molecule has 0 atom stereocenters. The van der Waals surface area contributed by atoms with Gasteiger partial charge in [-0.2, -0.15) is 0 Å². The Labute approximate surface area is 120 Å². The second kappa shape index (κ2) is 6.29. The zero-order valence-electron chi connectivity index (χ0n) is 10.9. The molecule has 20 heavy (non-hydrogen) atoms. The third-order valence-corrected chi connectivity index (χ3v) is 3.86. The Morgan fingerprint density at radius 2 is 2.10 bits per heavy atom. The van der Waals surface area contributed by atoms with Gasteiger partial charge in [-0.05, 0) is 24.6 Å². The Hall–Kier alpha value is -2.21. The number of carbonyl (C=O) groups excluding carboxylic acids is 1. The van der Waals surface area contributed by atoms with Crippen molar-refractivity contribution >= 4 is 23.2 Å². The van der Waals surface area contributed by atoms with Gasteiger partial charge in [-0.25, -0.2) is 9.78 Å². The maximum absolute atomic E-state index is 11.9. The van der Waals surface area contributed by atoms with E-state index in [0.717, 1.165) is 11.4 Å². The van der Waals surface area contributed by atoms with E-state index in [0.29, 0.717) is 12.1 Å². The number of carboxylic acids is 1. The van der Waals surface area contributed by atoms with Crippen LogP contribution in [0.3, 0.4) is 0 Å². The molecule has 1 aromatic carbocycles. The first kappa shape index (κ1) is 14.2. The summed E-state index contributed by atoms with van der Waals surface area (Å²) >= 11 is 1.56. The maximum atomic E-state index is 11.9. The fourth-order valence-electron chi connectivity index (χ4n) is 1.64. The van der Waals surface area contributed by atoms with E-state index in [1.54, 1.807) is 29.7 Å². The number of benzene rings is 1. The van der Waals surface area contributed by atoms with Crippen molar-refractivity contribution < 1.29 is 14.7 Å². The fraction of sp³-hybridized carbons (Fsp3) is 0.214. The lowest BCUT2D eigenvalue weighted by Gasteiger charge is -2.04. The lowest BCUT2D eigenvalue weighted by Crippen LogP contribution is -2.22. The number of rotatable bonds is 5. The standard InChI is InChI=1S/C14H14N2O3S/c1-2-11-7-15-12(20-11)8-16-13(17)9-4-3-5-10(6-9)14(18)19/h3-7H,2,8H2,1H3,(H,16,17)(H,18,19). The summed E-state index contributed by atoms with van der Waals surface area (Å²) in [4.78, 5) is 28.2. The number of aryl methyl sites for hydroxylation is 1. The van der Waals surface area contributed by atoms with Gasteiger partial charge in [0.25, 0.3) is 5.91 Å². The number of nitrogens with one attached hydrogen (secondary N) is 1. The van der Waals surface area contributed by atoms with Crippen LogP contribution in [0.25, 0.3) is 0 Å². The van der Waals surface area contributed by atoms with Crippen LogP contribution in [0.1, 0.15) is 37.5 Å². The summed E-state index contributed by atoms with van der Waals surface area (Å²) in [5.74, 6) is -1.35. The van der Waals surface area contributed by atoms with Crippen LogP contribution in [-0.4, -0.2) is 22.0 Å². The van der Waals surface area contributed by atoms with Gasteiger partial charge in [-0.15, -0.1) is 11.3 Å². The van der Waals surface area contributed by atoms with Crippen molar-refractivity contribution in [1.82, 2.24) is 10.3 Å². The molecule has 0 aliphatic rings. The molecule has 1 aromatic heterocycles. The molecular weight excluding hydrogens is 276 g/mol. The molecule has 2 aromatic rings. The van der Waals surface area contributed by atoms with Gasteiger partial charge >= 0.3 is 5.97 Å². The number of hydrogen-bond acceptors (Lipinski definition) is 4. The second-order valence-corrected chi connectivity index (χ2v) is 5.34. The predicted molar refractivity (Wildman–Crippen MR) is 76.1 cm³/mol. The molecule has 1 heterocycles. The molecular formula is C14H14N2O3S. The first-order valence-electron chi connectivity index (χ1n) is 6.15. The van der Waals surface area contributed by atoms with Crippen LogP contribution in [0.15, 0.2) is 30.5 Å². The molecule has 6 heteroatoms. The van der Waals surface area contributed by atoms with Gasteiger partial charge in [0.15, 0.2) is 0 Å². The Bertz CT molecular complexity index is 637. The number of aromatic carboxylic acids is 1. The highest BCUT2D eigenvalue weighted by Gasteiger charge is 2.10. The molecule has 0 bridgehead atoms. The Morgan fingerprint density at radius 1 is 1.35 bits per heavy atom. The number of amides is 1. The molecule has 0 radical (unpaired) electrons. The van der Waals surface area contributed by atoms with Crippen molar-refractivity contribution in [2.75, 3.05) is 0 Å². The van der Waals surface area contributed by atoms with Crippen molar-refractivity contribution in [2.24, 2.45) is 0 Å². The highest BCUT2D eigenvalue weighted by atomic mass is 32.1. The molecule has 2 N–H and O–H groups in total. The van der Waals surface area contributed by atoms with Crippen molar-refractivity contribution in [3.05, 3.63) is 51.5 Å². The molecule has 0 unspecified atom stereocenters. The summed E-state index contributed by atoms with van der Waals surface area (Å²) in [5.41, 5.74) is 0.428. The van der Waals surface area contributed by atoms with Gasteiger partial charge < -0.3 is 10.4 Å². The molecule has 0 aliphatic heterocycles. The van der Waals surface area contributed by atoms with Crippen LogP contribution in [-0.2, 0) is 13.0 Å². The minimum absolute atomic E-state index is 0.0974. The monoisotopic (exact) mass is 290 g/mol. The second-order valence-electron chi connectivity index (χ2n) is 4.14. The molecule has 1 amide bonds. The van der Waals surface area contributed by atoms with Crippen molar-refractivity contribution in [3.8, 4) is 0 Å². The van der Waals surface area contributed by atoms with Gasteiger partial charge in [0.1, 0.15) is 5.01 Å². The smallest absolute Gasteiger partial charge is 0.335 e. The number of carbonyl (C=O) groups is 2. The lowest BCUT2D eigenvalue weighted by molar-refractivity contribution is 0.0697. The van der Waals surface area contributed by atoms with Crippen LogP contribution in [0, 0.1) is 0 Å². The summed E-state index contributed by atoms with van der Waals surface area (Å²) in [6, 6.07) is 5.95. The summed E-state index contributed by atoms with van der Waals surface area (Å²) in [6.07, 6.45) is 2.73. The molecule has 5 nitrogen and oxygen atoms in total. The Kier molecular flexibility index (Phi) is 4.47.